The van der Waals surface area contributed by atoms with Crippen LogP contribution < -0.4 is 0 Å². The minimum Gasteiger partial charge on any atom is -0.438 e. The molecule has 0 saturated carbocycles. The van der Waals surface area contributed by atoms with Crippen LogP contribution in [0.1, 0.15) is 33.6 Å². The number of hydrogen-bond acceptors (Lipinski definition) is 8. The lowest BCUT2D eigenvalue weighted by Crippen LogP contribution is -2.36. The molecule has 1 heterocycles. The van der Waals surface area contributed by atoms with Crippen LogP contribution in [0, 0.1) is 0 Å². The van der Waals surface area contributed by atoms with E-state index in [1.54, 1.807) is 32.9 Å². The van der Waals surface area contributed by atoms with Crippen molar-refractivity contribution in [1.29, 1.82) is 0 Å². The Labute approximate surface area is 141 Å². The van der Waals surface area contributed by atoms with Gasteiger partial charge >= 0.3 is 12.3 Å². The molecule has 1 fully saturated rings. The van der Waals surface area contributed by atoms with Crippen LogP contribution in [-0.4, -0.2) is 56.2 Å². The molecule has 0 aromatic rings. The summed E-state index contributed by atoms with van der Waals surface area (Å²) in [5.74, 6) is 0. The molecule has 0 aromatic heterocycles. The number of rotatable bonds is 2. The first kappa shape index (κ1) is 18.5. The van der Waals surface area contributed by atoms with Gasteiger partial charge in [0.1, 0.15) is 24.6 Å². The van der Waals surface area contributed by atoms with Gasteiger partial charge in [-0.1, -0.05) is 0 Å². The second-order valence-electron chi connectivity index (χ2n) is 6.62. The highest BCUT2D eigenvalue weighted by molar-refractivity contribution is 5.61. The molecule has 0 aromatic carbocycles. The lowest BCUT2D eigenvalue weighted by atomic mass is 9.97. The smallest absolute Gasteiger partial charge is 0.438 e. The fraction of sp³-hybridized carbons (Fsp3) is 0.750. The van der Waals surface area contributed by atoms with Gasteiger partial charge in [0, 0.05) is 12.8 Å². The largest absolute Gasteiger partial charge is 0.509 e. The Hall–Kier alpha value is -1.80. The highest BCUT2D eigenvalue weighted by Gasteiger charge is 2.36. The molecule has 8 heteroatoms. The van der Waals surface area contributed by atoms with E-state index in [2.05, 4.69) is 4.74 Å². The quantitative estimate of drug-likeness (QED) is 0.558. The number of carbonyl (C=O) groups is 2. The van der Waals surface area contributed by atoms with Gasteiger partial charge in [0.05, 0.1) is 19.3 Å². The minimum absolute atomic E-state index is 0.152. The molecule has 4 atom stereocenters. The summed E-state index contributed by atoms with van der Waals surface area (Å²) < 4.78 is 31.2. The maximum atomic E-state index is 11.9. The van der Waals surface area contributed by atoms with Crippen molar-refractivity contribution in [1.82, 2.24) is 0 Å². The highest BCUT2D eigenvalue weighted by atomic mass is 16.7. The van der Waals surface area contributed by atoms with E-state index in [1.165, 1.54) is 7.11 Å². The first-order valence-electron chi connectivity index (χ1n) is 7.82. The summed E-state index contributed by atoms with van der Waals surface area (Å²) >= 11 is 0. The Morgan fingerprint density at radius 3 is 1.92 bits per heavy atom. The molecule has 8 nitrogen and oxygen atoms in total. The van der Waals surface area contributed by atoms with Crippen molar-refractivity contribution < 1.29 is 38.0 Å². The van der Waals surface area contributed by atoms with Crippen molar-refractivity contribution >= 4 is 12.3 Å². The fourth-order valence-electron chi connectivity index (χ4n) is 2.48. The van der Waals surface area contributed by atoms with Gasteiger partial charge in [-0.25, -0.2) is 9.59 Å². The van der Waals surface area contributed by atoms with Crippen LogP contribution in [0.3, 0.4) is 0 Å². The van der Waals surface area contributed by atoms with E-state index in [9.17, 15) is 9.59 Å². The van der Waals surface area contributed by atoms with E-state index in [-0.39, 0.29) is 19.0 Å². The van der Waals surface area contributed by atoms with Crippen LogP contribution in [0.5, 0.6) is 0 Å². The zero-order chi connectivity index (χ0) is 17.7. The zero-order valence-corrected chi connectivity index (χ0v) is 14.4. The van der Waals surface area contributed by atoms with Crippen LogP contribution in [-0.2, 0) is 28.4 Å². The summed E-state index contributed by atoms with van der Waals surface area (Å²) in [6, 6.07) is 0. The van der Waals surface area contributed by atoms with Crippen LogP contribution in [0.15, 0.2) is 12.2 Å². The normalized spacial score (nSPS) is 31.2. The predicted molar refractivity (Wildman–Crippen MR) is 81.4 cm³/mol. The molecule has 0 N–H and O–H groups in total. The number of carbonyl (C=O) groups excluding carboxylic acids is 2. The van der Waals surface area contributed by atoms with E-state index in [0.717, 1.165) is 0 Å². The maximum absolute atomic E-state index is 11.9. The minimum atomic E-state index is -0.787. The molecule has 0 spiro atoms. The van der Waals surface area contributed by atoms with E-state index < -0.39 is 30.1 Å². The first-order valence-corrected chi connectivity index (χ1v) is 7.82. The lowest BCUT2D eigenvalue weighted by Gasteiger charge is -2.27. The second-order valence-corrected chi connectivity index (χ2v) is 6.62. The van der Waals surface area contributed by atoms with Gasteiger partial charge in [-0.05, 0) is 32.9 Å². The van der Waals surface area contributed by atoms with E-state index in [1.807, 2.05) is 0 Å². The molecule has 1 aliphatic carbocycles. The van der Waals surface area contributed by atoms with Crippen molar-refractivity contribution in [2.24, 2.45) is 0 Å². The third kappa shape index (κ3) is 5.68. The number of methoxy groups -OCH3 is 1. The summed E-state index contributed by atoms with van der Waals surface area (Å²) in [5.41, 5.74) is -0.644. The molecule has 2 aliphatic rings. The van der Waals surface area contributed by atoms with Crippen molar-refractivity contribution in [2.75, 3.05) is 13.9 Å². The Morgan fingerprint density at radius 1 is 0.958 bits per heavy atom. The molecule has 24 heavy (non-hydrogen) atoms. The van der Waals surface area contributed by atoms with Gasteiger partial charge in [-0.15, -0.1) is 0 Å². The Kier molecular flexibility index (Phi) is 6.06. The van der Waals surface area contributed by atoms with Gasteiger partial charge in [-0.2, -0.15) is 0 Å². The van der Waals surface area contributed by atoms with E-state index in [0.29, 0.717) is 12.8 Å². The van der Waals surface area contributed by atoms with Crippen LogP contribution >= 0.6 is 0 Å². The molecule has 0 amide bonds. The third-order valence-electron chi connectivity index (χ3n) is 3.50. The van der Waals surface area contributed by atoms with Gasteiger partial charge < -0.3 is 28.4 Å². The van der Waals surface area contributed by atoms with E-state index in [4.69, 9.17) is 23.7 Å². The average Bonchev–Trinajstić information content (AvgIpc) is 2.86. The first-order chi connectivity index (χ1) is 11.3. The summed E-state index contributed by atoms with van der Waals surface area (Å²) in [7, 11) is 1.24. The molecule has 0 radical (unpaired) electrons. The van der Waals surface area contributed by atoms with Crippen molar-refractivity contribution in [3.05, 3.63) is 12.2 Å². The monoisotopic (exact) mass is 344 g/mol. The topological polar surface area (TPSA) is 89.5 Å². The van der Waals surface area contributed by atoms with E-state index >= 15 is 0 Å². The number of ether oxygens (including phenoxy) is 6. The summed E-state index contributed by atoms with van der Waals surface area (Å²) in [4.78, 5) is 23.2. The lowest BCUT2D eigenvalue weighted by molar-refractivity contribution is -0.0312. The molecule has 4 unspecified atom stereocenters. The molecule has 2 rings (SSSR count). The second kappa shape index (κ2) is 7.85. The predicted octanol–water partition coefficient (Wildman–Crippen LogP) is 2.55. The van der Waals surface area contributed by atoms with Crippen LogP contribution in [0.2, 0.25) is 0 Å². The van der Waals surface area contributed by atoms with Gasteiger partial charge in [0.15, 0.2) is 0 Å². The Balaban J connectivity index is 2.04. The molecule has 136 valence electrons. The molecule has 1 saturated heterocycles. The number of hydrogen-bond donors (Lipinski definition) is 0. The Morgan fingerprint density at radius 2 is 1.46 bits per heavy atom. The van der Waals surface area contributed by atoms with Crippen LogP contribution in [0.4, 0.5) is 9.59 Å². The maximum Gasteiger partial charge on any atom is 0.509 e. The Bertz CT molecular complexity index is 481. The molecular weight excluding hydrogens is 320 g/mol. The highest BCUT2D eigenvalue weighted by Crippen LogP contribution is 2.27. The van der Waals surface area contributed by atoms with Crippen molar-refractivity contribution in [3.8, 4) is 0 Å². The summed E-state index contributed by atoms with van der Waals surface area (Å²) in [6.07, 6.45) is 0.999. The van der Waals surface area contributed by atoms with Gasteiger partial charge in [0.2, 0.25) is 0 Å². The standard InChI is InChI=1S/C16H24O8/c1-16(2,3)24-15(18)23-11-6-5-10(22-14(17)19-4)7-12-13(8-11)21-9-20-12/h5-6,10-13H,7-9H2,1-4H3/b6-5+. The SMILES string of the molecule is COC(=O)OC1/C=C/C(OC(=O)OC(C)(C)C)CC2OCOC2C1. The van der Waals surface area contributed by atoms with Crippen molar-refractivity contribution in [2.45, 2.75) is 63.6 Å². The fourth-order valence-corrected chi connectivity index (χ4v) is 2.48. The summed E-state index contributed by atoms with van der Waals surface area (Å²) in [5, 5.41) is 0. The third-order valence-corrected chi connectivity index (χ3v) is 3.50. The van der Waals surface area contributed by atoms with Gasteiger partial charge in [0.25, 0.3) is 0 Å². The zero-order valence-electron chi connectivity index (χ0n) is 14.4. The van der Waals surface area contributed by atoms with Crippen molar-refractivity contribution in [3.63, 3.8) is 0 Å². The number of fused-ring (bicyclic) bond motifs is 1. The summed E-state index contributed by atoms with van der Waals surface area (Å²) in [6.45, 7) is 5.42. The van der Waals surface area contributed by atoms with Gasteiger partial charge in [-0.3, -0.25) is 0 Å². The van der Waals surface area contributed by atoms with Crippen LogP contribution in [0.25, 0.3) is 0 Å². The molecule has 1 aliphatic heterocycles. The molecule has 0 bridgehead atoms. The average molecular weight is 344 g/mol. The molecular formula is C16H24O8.